The standard InChI is InChI=1S/C12H22N4OS/c1-2-16-11(17)14-15-12(16)18-8-10(13)9-6-4-3-5-7-9/h9-10H,2-8,13H2,1H3,(H,14,17). The average molecular weight is 270 g/mol. The van der Waals surface area contributed by atoms with Crippen molar-refractivity contribution in [3.8, 4) is 0 Å². The molecule has 1 aliphatic rings. The number of aromatic amines is 1. The summed E-state index contributed by atoms with van der Waals surface area (Å²) in [6, 6.07) is 0.215. The number of thioether (sulfide) groups is 1. The minimum absolute atomic E-state index is 0.133. The van der Waals surface area contributed by atoms with Gasteiger partial charge >= 0.3 is 5.69 Å². The van der Waals surface area contributed by atoms with Gasteiger partial charge in [-0.3, -0.25) is 4.57 Å². The van der Waals surface area contributed by atoms with E-state index >= 15 is 0 Å². The number of hydrogen-bond donors (Lipinski definition) is 2. The van der Waals surface area contributed by atoms with E-state index in [0.29, 0.717) is 12.5 Å². The highest BCUT2D eigenvalue weighted by Gasteiger charge is 2.21. The van der Waals surface area contributed by atoms with E-state index in [2.05, 4.69) is 10.2 Å². The Morgan fingerprint density at radius 3 is 2.89 bits per heavy atom. The number of nitrogens with two attached hydrogens (primary N) is 1. The zero-order valence-electron chi connectivity index (χ0n) is 10.9. The summed E-state index contributed by atoms with van der Waals surface area (Å²) in [5.41, 5.74) is 6.12. The Labute approximate surface area is 112 Å². The highest BCUT2D eigenvalue weighted by molar-refractivity contribution is 7.99. The molecule has 5 nitrogen and oxygen atoms in total. The largest absolute Gasteiger partial charge is 0.343 e. The highest BCUT2D eigenvalue weighted by atomic mass is 32.2. The summed E-state index contributed by atoms with van der Waals surface area (Å²) in [6.07, 6.45) is 6.48. The first kappa shape index (κ1) is 13.7. The maximum Gasteiger partial charge on any atom is 0.343 e. The normalized spacial score (nSPS) is 19.0. The third kappa shape index (κ3) is 3.17. The first-order valence-corrected chi connectivity index (χ1v) is 7.74. The van der Waals surface area contributed by atoms with Crippen LogP contribution in [0.2, 0.25) is 0 Å². The topological polar surface area (TPSA) is 76.7 Å². The lowest BCUT2D eigenvalue weighted by molar-refractivity contribution is 0.319. The van der Waals surface area contributed by atoms with Gasteiger partial charge in [0.15, 0.2) is 5.16 Å². The molecular weight excluding hydrogens is 248 g/mol. The molecule has 0 spiro atoms. The Bertz CT molecular complexity index is 422. The molecule has 1 atom stereocenters. The second-order valence-corrected chi connectivity index (χ2v) is 5.92. The van der Waals surface area contributed by atoms with Crippen molar-refractivity contribution in [3.05, 3.63) is 10.5 Å². The molecule has 1 aliphatic carbocycles. The number of nitrogens with one attached hydrogen (secondary N) is 1. The maximum atomic E-state index is 11.4. The van der Waals surface area contributed by atoms with Gasteiger partial charge in [0.05, 0.1) is 0 Å². The van der Waals surface area contributed by atoms with Gasteiger partial charge in [-0.1, -0.05) is 31.0 Å². The van der Waals surface area contributed by atoms with Crippen LogP contribution < -0.4 is 11.4 Å². The summed E-state index contributed by atoms with van der Waals surface area (Å²) in [4.78, 5) is 11.4. The van der Waals surface area contributed by atoms with E-state index in [1.165, 1.54) is 32.1 Å². The molecule has 0 aliphatic heterocycles. The van der Waals surface area contributed by atoms with Gasteiger partial charge in [0.1, 0.15) is 0 Å². The highest BCUT2D eigenvalue weighted by Crippen LogP contribution is 2.28. The molecule has 2 rings (SSSR count). The number of nitrogens with zero attached hydrogens (tertiary/aromatic N) is 2. The predicted octanol–water partition coefficient (Wildman–Crippen LogP) is 1.59. The molecule has 1 fully saturated rings. The number of H-pyrrole nitrogens is 1. The summed E-state index contributed by atoms with van der Waals surface area (Å²) in [5, 5.41) is 7.28. The van der Waals surface area contributed by atoms with E-state index in [-0.39, 0.29) is 11.7 Å². The first-order chi connectivity index (χ1) is 8.72. The summed E-state index contributed by atoms with van der Waals surface area (Å²) < 4.78 is 1.65. The molecule has 18 heavy (non-hydrogen) atoms. The minimum atomic E-state index is -0.133. The molecule has 0 aromatic carbocycles. The van der Waals surface area contributed by atoms with Gasteiger partial charge in [-0.2, -0.15) is 0 Å². The number of rotatable bonds is 5. The lowest BCUT2D eigenvalue weighted by atomic mass is 9.85. The van der Waals surface area contributed by atoms with Crippen LogP contribution in [0.25, 0.3) is 0 Å². The average Bonchev–Trinajstić information content (AvgIpc) is 2.77. The molecule has 0 amide bonds. The summed E-state index contributed by atoms with van der Waals surface area (Å²) in [5.74, 6) is 1.49. The molecule has 0 bridgehead atoms. The maximum absolute atomic E-state index is 11.4. The van der Waals surface area contributed by atoms with Crippen molar-refractivity contribution in [2.24, 2.45) is 11.7 Å². The molecule has 1 aromatic rings. The molecule has 6 heteroatoms. The van der Waals surface area contributed by atoms with E-state index in [9.17, 15) is 4.79 Å². The monoisotopic (exact) mass is 270 g/mol. The van der Waals surface area contributed by atoms with Crippen LogP contribution in [0.4, 0.5) is 0 Å². The molecule has 3 N–H and O–H groups in total. The molecule has 1 heterocycles. The van der Waals surface area contributed by atoms with Crippen LogP contribution in [-0.2, 0) is 6.54 Å². The number of hydrogen-bond acceptors (Lipinski definition) is 4. The SMILES string of the molecule is CCn1c(SCC(N)C2CCCCC2)n[nH]c1=O. The quantitative estimate of drug-likeness (QED) is 0.797. The van der Waals surface area contributed by atoms with Crippen molar-refractivity contribution in [2.75, 3.05) is 5.75 Å². The minimum Gasteiger partial charge on any atom is -0.327 e. The zero-order chi connectivity index (χ0) is 13.0. The fourth-order valence-corrected chi connectivity index (χ4v) is 3.65. The molecule has 1 aromatic heterocycles. The molecule has 0 saturated heterocycles. The van der Waals surface area contributed by atoms with Crippen molar-refractivity contribution in [3.63, 3.8) is 0 Å². The Balaban J connectivity index is 1.88. The van der Waals surface area contributed by atoms with Crippen molar-refractivity contribution in [1.82, 2.24) is 14.8 Å². The van der Waals surface area contributed by atoms with Gasteiger partial charge in [0.25, 0.3) is 0 Å². The first-order valence-electron chi connectivity index (χ1n) is 6.76. The van der Waals surface area contributed by atoms with E-state index < -0.39 is 0 Å². The van der Waals surface area contributed by atoms with Crippen LogP contribution in [0.5, 0.6) is 0 Å². The van der Waals surface area contributed by atoms with Gasteiger partial charge in [-0.05, 0) is 25.7 Å². The van der Waals surface area contributed by atoms with Crippen LogP contribution >= 0.6 is 11.8 Å². The van der Waals surface area contributed by atoms with Gasteiger partial charge in [0.2, 0.25) is 0 Å². The van der Waals surface area contributed by atoms with Crippen LogP contribution in [0.3, 0.4) is 0 Å². The van der Waals surface area contributed by atoms with Crippen LogP contribution in [-0.4, -0.2) is 26.6 Å². The van der Waals surface area contributed by atoms with Gasteiger partial charge in [0, 0.05) is 18.3 Å². The Morgan fingerprint density at radius 1 is 1.50 bits per heavy atom. The second kappa shape index (κ2) is 6.43. The van der Waals surface area contributed by atoms with Gasteiger partial charge < -0.3 is 5.73 Å². The molecular formula is C12H22N4OS. The second-order valence-electron chi connectivity index (χ2n) is 4.93. The number of aromatic nitrogens is 3. The van der Waals surface area contributed by atoms with E-state index in [1.54, 1.807) is 16.3 Å². The van der Waals surface area contributed by atoms with E-state index in [0.717, 1.165) is 10.9 Å². The molecule has 1 saturated carbocycles. The third-order valence-corrected chi connectivity index (χ3v) is 4.82. The lowest BCUT2D eigenvalue weighted by Gasteiger charge is -2.27. The Hall–Kier alpha value is -0.750. The predicted molar refractivity (Wildman–Crippen MR) is 73.8 cm³/mol. The fraction of sp³-hybridized carbons (Fsp3) is 0.833. The third-order valence-electron chi connectivity index (χ3n) is 3.70. The zero-order valence-corrected chi connectivity index (χ0v) is 11.7. The summed E-state index contributed by atoms with van der Waals surface area (Å²) >= 11 is 1.59. The van der Waals surface area contributed by atoms with Crippen molar-refractivity contribution >= 4 is 11.8 Å². The fourth-order valence-electron chi connectivity index (χ4n) is 2.56. The summed E-state index contributed by atoms with van der Waals surface area (Å²) in [7, 11) is 0. The smallest absolute Gasteiger partial charge is 0.327 e. The van der Waals surface area contributed by atoms with Crippen molar-refractivity contribution in [1.29, 1.82) is 0 Å². The van der Waals surface area contributed by atoms with Crippen molar-refractivity contribution in [2.45, 2.75) is 56.8 Å². The van der Waals surface area contributed by atoms with Crippen molar-refractivity contribution < 1.29 is 0 Å². The molecule has 102 valence electrons. The van der Waals surface area contributed by atoms with E-state index in [4.69, 9.17) is 5.73 Å². The Kier molecular flexibility index (Phi) is 4.88. The van der Waals surface area contributed by atoms with Crippen LogP contribution in [0, 0.1) is 5.92 Å². The lowest BCUT2D eigenvalue weighted by Crippen LogP contribution is -2.34. The van der Waals surface area contributed by atoms with Gasteiger partial charge in [-0.15, -0.1) is 5.10 Å². The van der Waals surface area contributed by atoms with Crippen LogP contribution in [0.15, 0.2) is 9.95 Å². The van der Waals surface area contributed by atoms with Gasteiger partial charge in [-0.25, -0.2) is 9.89 Å². The summed E-state index contributed by atoms with van der Waals surface area (Å²) in [6.45, 7) is 2.60. The molecule has 0 radical (unpaired) electrons. The molecule has 1 unspecified atom stereocenters. The van der Waals surface area contributed by atoms with E-state index in [1.807, 2.05) is 6.92 Å². The van der Waals surface area contributed by atoms with Crippen LogP contribution in [0.1, 0.15) is 39.0 Å². The Morgan fingerprint density at radius 2 is 2.22 bits per heavy atom.